The number of nitrogens with one attached hydrogen (secondary N) is 1. The lowest BCUT2D eigenvalue weighted by Gasteiger charge is -2.32. The topological polar surface area (TPSA) is 88.2 Å². The molecule has 4 fully saturated rings. The van der Waals surface area contributed by atoms with Crippen LogP contribution in [0.4, 0.5) is 0 Å². The van der Waals surface area contributed by atoms with Crippen LogP contribution in [0.1, 0.15) is 74.7 Å². The predicted molar refractivity (Wildman–Crippen MR) is 139 cm³/mol. The SMILES string of the molecule is CO[C@@H]1CN(C(=O)[C@H](CC(C)(C)C)NC(=O)c2ccc(C3CCN(C4CC4)CC3)cc2)[C@@H]2C(=O)CO[C@@H]21. The Labute approximate surface area is 220 Å². The Kier molecular flexibility index (Phi) is 7.44. The van der Waals surface area contributed by atoms with E-state index in [1.54, 1.807) is 12.0 Å². The summed E-state index contributed by atoms with van der Waals surface area (Å²) in [6, 6.07) is 7.30. The molecule has 3 heterocycles. The summed E-state index contributed by atoms with van der Waals surface area (Å²) in [5.41, 5.74) is 1.62. The van der Waals surface area contributed by atoms with Crippen molar-refractivity contribution in [3.05, 3.63) is 35.4 Å². The molecule has 0 spiro atoms. The average molecular weight is 512 g/mol. The van der Waals surface area contributed by atoms with E-state index < -0.39 is 18.2 Å². The van der Waals surface area contributed by atoms with Crippen molar-refractivity contribution < 1.29 is 23.9 Å². The Hall–Kier alpha value is -2.29. The standard InChI is InChI=1S/C29H41N3O5/c1-29(2,3)15-22(28(35)32-16-24(36-4)26-25(32)23(33)17-37-26)30-27(34)20-7-5-18(6-8-20)19-11-13-31(14-12-19)21-9-10-21/h5-8,19,21-22,24-26H,9-17H2,1-4H3,(H,30,34)/t22-,24+,25+,26+/m0/s1. The van der Waals surface area contributed by atoms with Crippen LogP contribution in [0.3, 0.4) is 0 Å². The van der Waals surface area contributed by atoms with Gasteiger partial charge < -0.3 is 24.6 Å². The third-order valence-corrected chi connectivity index (χ3v) is 8.38. The normalized spacial score (nSPS) is 27.8. The summed E-state index contributed by atoms with van der Waals surface area (Å²) < 4.78 is 11.1. The third-order valence-electron chi connectivity index (χ3n) is 8.38. The number of piperidine rings is 1. The number of nitrogens with zero attached hydrogens (tertiary/aromatic N) is 2. The highest BCUT2D eigenvalue weighted by Crippen LogP contribution is 2.35. The van der Waals surface area contributed by atoms with Gasteiger partial charge in [0.2, 0.25) is 5.91 Å². The Morgan fingerprint density at radius 3 is 2.38 bits per heavy atom. The summed E-state index contributed by atoms with van der Waals surface area (Å²) in [6.07, 6.45) is 4.67. The summed E-state index contributed by atoms with van der Waals surface area (Å²) in [4.78, 5) is 43.7. The zero-order valence-corrected chi connectivity index (χ0v) is 22.6. The fraction of sp³-hybridized carbons (Fsp3) is 0.690. The largest absolute Gasteiger partial charge is 0.377 e. The van der Waals surface area contributed by atoms with Crippen molar-refractivity contribution in [2.45, 2.75) is 89.1 Å². The maximum atomic E-state index is 13.7. The van der Waals surface area contributed by atoms with Crippen molar-refractivity contribution in [1.82, 2.24) is 15.1 Å². The second kappa shape index (κ2) is 10.5. The van der Waals surface area contributed by atoms with E-state index in [1.807, 2.05) is 32.9 Å². The van der Waals surface area contributed by atoms with Crippen LogP contribution in [-0.4, -0.2) is 91.1 Å². The molecule has 3 saturated heterocycles. The number of hydrogen-bond donors (Lipinski definition) is 1. The van der Waals surface area contributed by atoms with Gasteiger partial charge in [0.1, 0.15) is 30.9 Å². The van der Waals surface area contributed by atoms with Crippen LogP contribution in [-0.2, 0) is 19.1 Å². The molecule has 0 radical (unpaired) electrons. The van der Waals surface area contributed by atoms with Crippen LogP contribution in [0.15, 0.2) is 24.3 Å². The molecule has 8 heteroatoms. The predicted octanol–water partition coefficient (Wildman–Crippen LogP) is 2.76. The fourth-order valence-corrected chi connectivity index (χ4v) is 6.25. The molecule has 1 aliphatic carbocycles. The zero-order valence-electron chi connectivity index (χ0n) is 22.6. The van der Waals surface area contributed by atoms with Crippen molar-refractivity contribution in [3.8, 4) is 0 Å². The molecule has 202 valence electrons. The van der Waals surface area contributed by atoms with Gasteiger partial charge in [-0.05, 0) is 74.2 Å². The van der Waals surface area contributed by atoms with Crippen LogP contribution in [0.5, 0.6) is 0 Å². The lowest BCUT2D eigenvalue weighted by molar-refractivity contribution is -0.138. The van der Waals surface area contributed by atoms with E-state index in [0.29, 0.717) is 17.9 Å². The molecular weight excluding hydrogens is 470 g/mol. The van der Waals surface area contributed by atoms with Crippen LogP contribution >= 0.6 is 0 Å². The average Bonchev–Trinajstić information content (AvgIpc) is 3.56. The first-order chi connectivity index (χ1) is 17.6. The summed E-state index contributed by atoms with van der Waals surface area (Å²) in [7, 11) is 1.57. The number of benzene rings is 1. The molecule has 1 N–H and O–H groups in total. The van der Waals surface area contributed by atoms with Crippen molar-refractivity contribution in [1.29, 1.82) is 0 Å². The Morgan fingerprint density at radius 1 is 1.11 bits per heavy atom. The molecule has 2 amide bonds. The number of fused-ring (bicyclic) bond motifs is 1. The van der Waals surface area contributed by atoms with Crippen LogP contribution < -0.4 is 5.32 Å². The summed E-state index contributed by atoms with van der Waals surface area (Å²) in [5, 5.41) is 2.99. The zero-order chi connectivity index (χ0) is 26.3. The van der Waals surface area contributed by atoms with E-state index in [0.717, 1.165) is 32.0 Å². The molecule has 0 unspecified atom stereocenters. The first-order valence-electron chi connectivity index (χ1n) is 13.8. The molecule has 3 aliphatic heterocycles. The van der Waals surface area contributed by atoms with E-state index in [4.69, 9.17) is 9.47 Å². The first kappa shape index (κ1) is 26.3. The minimum absolute atomic E-state index is 0.0127. The molecule has 0 bridgehead atoms. The van der Waals surface area contributed by atoms with Gasteiger partial charge in [-0.3, -0.25) is 14.4 Å². The number of ketones is 1. The number of likely N-dealkylation sites (tertiary alicyclic amines) is 2. The molecular formula is C29H41N3O5. The van der Waals surface area contributed by atoms with Gasteiger partial charge in [-0.15, -0.1) is 0 Å². The highest BCUT2D eigenvalue weighted by molar-refractivity contribution is 5.99. The van der Waals surface area contributed by atoms with Gasteiger partial charge in [0.15, 0.2) is 5.78 Å². The highest BCUT2D eigenvalue weighted by Gasteiger charge is 2.53. The number of carbonyl (C=O) groups is 3. The number of hydrogen-bond acceptors (Lipinski definition) is 6. The second-order valence-electron chi connectivity index (χ2n) is 12.4. The van der Waals surface area contributed by atoms with E-state index in [9.17, 15) is 14.4 Å². The van der Waals surface area contributed by atoms with Gasteiger partial charge in [-0.2, -0.15) is 0 Å². The van der Waals surface area contributed by atoms with E-state index in [2.05, 4.69) is 22.3 Å². The van der Waals surface area contributed by atoms with E-state index in [-0.39, 0.29) is 42.3 Å². The van der Waals surface area contributed by atoms with Gasteiger partial charge in [-0.1, -0.05) is 32.9 Å². The maximum absolute atomic E-state index is 13.7. The molecule has 0 aromatic heterocycles. The van der Waals surface area contributed by atoms with Gasteiger partial charge in [0, 0.05) is 18.7 Å². The van der Waals surface area contributed by atoms with E-state index in [1.165, 1.54) is 18.4 Å². The summed E-state index contributed by atoms with van der Waals surface area (Å²) in [6.45, 7) is 8.70. The molecule has 1 aromatic carbocycles. The lowest BCUT2D eigenvalue weighted by Crippen LogP contribution is -2.53. The van der Waals surface area contributed by atoms with Crippen LogP contribution in [0.2, 0.25) is 0 Å². The van der Waals surface area contributed by atoms with Crippen LogP contribution in [0.25, 0.3) is 0 Å². The fourth-order valence-electron chi connectivity index (χ4n) is 6.25. The van der Waals surface area contributed by atoms with Crippen molar-refractivity contribution in [2.24, 2.45) is 5.41 Å². The monoisotopic (exact) mass is 511 g/mol. The Balaban J connectivity index is 1.26. The molecule has 8 nitrogen and oxygen atoms in total. The number of methoxy groups -OCH3 is 1. The number of carbonyl (C=O) groups excluding carboxylic acids is 3. The summed E-state index contributed by atoms with van der Waals surface area (Å²) in [5.74, 6) is -0.107. The number of Topliss-reactive ketones (excluding diaryl/α,β-unsaturated/α-hetero) is 1. The first-order valence-corrected chi connectivity index (χ1v) is 13.8. The lowest BCUT2D eigenvalue weighted by atomic mass is 9.87. The van der Waals surface area contributed by atoms with Gasteiger partial charge in [0.25, 0.3) is 5.91 Å². The maximum Gasteiger partial charge on any atom is 0.251 e. The third kappa shape index (κ3) is 5.76. The van der Waals surface area contributed by atoms with Crippen LogP contribution in [0, 0.1) is 5.41 Å². The van der Waals surface area contributed by atoms with Gasteiger partial charge in [-0.25, -0.2) is 0 Å². The second-order valence-corrected chi connectivity index (χ2v) is 12.4. The van der Waals surface area contributed by atoms with Crippen molar-refractivity contribution in [2.75, 3.05) is 33.4 Å². The highest BCUT2D eigenvalue weighted by atomic mass is 16.5. The Morgan fingerprint density at radius 2 is 1.78 bits per heavy atom. The van der Waals surface area contributed by atoms with Crippen molar-refractivity contribution in [3.63, 3.8) is 0 Å². The molecule has 4 aliphatic rings. The molecule has 37 heavy (non-hydrogen) atoms. The van der Waals surface area contributed by atoms with E-state index >= 15 is 0 Å². The molecule has 1 aromatic rings. The minimum Gasteiger partial charge on any atom is -0.377 e. The number of amides is 2. The number of rotatable bonds is 7. The van der Waals surface area contributed by atoms with Gasteiger partial charge >= 0.3 is 0 Å². The minimum atomic E-state index is -0.747. The summed E-state index contributed by atoms with van der Waals surface area (Å²) >= 11 is 0. The quantitative estimate of drug-likeness (QED) is 0.606. The molecule has 5 rings (SSSR count). The van der Waals surface area contributed by atoms with Crippen molar-refractivity contribution >= 4 is 17.6 Å². The number of ether oxygens (including phenoxy) is 2. The molecule has 4 atom stereocenters. The Bertz CT molecular complexity index is 1010. The molecule has 1 saturated carbocycles. The smallest absolute Gasteiger partial charge is 0.251 e. The van der Waals surface area contributed by atoms with Gasteiger partial charge in [0.05, 0.1) is 6.54 Å².